The fraction of sp³-hybridized carbons (Fsp3) is 0.0714. The van der Waals surface area contributed by atoms with E-state index in [2.05, 4.69) is 34.8 Å². The van der Waals surface area contributed by atoms with Crippen LogP contribution < -0.4 is 14.9 Å². The zero-order chi connectivity index (χ0) is 24.2. The van der Waals surface area contributed by atoms with Crippen molar-refractivity contribution in [2.45, 2.75) is 6.61 Å². The van der Waals surface area contributed by atoms with E-state index in [-0.39, 0.29) is 5.76 Å². The summed E-state index contributed by atoms with van der Waals surface area (Å²) in [5.41, 5.74) is 4.75. The van der Waals surface area contributed by atoms with Crippen molar-refractivity contribution >= 4 is 45.5 Å². The molecule has 5 aromatic rings. The van der Waals surface area contributed by atoms with E-state index in [9.17, 15) is 4.79 Å². The van der Waals surface area contributed by atoms with Gasteiger partial charge in [-0.25, -0.2) is 5.43 Å². The van der Waals surface area contributed by atoms with Gasteiger partial charge in [-0.3, -0.25) is 4.79 Å². The number of furan rings is 1. The molecule has 0 saturated carbocycles. The van der Waals surface area contributed by atoms with Gasteiger partial charge in [0.05, 0.1) is 18.3 Å². The predicted molar refractivity (Wildman–Crippen MR) is 138 cm³/mol. The molecule has 1 heterocycles. The minimum Gasteiger partial charge on any atom is -0.493 e. The van der Waals surface area contributed by atoms with Gasteiger partial charge in [0.1, 0.15) is 12.2 Å². The summed E-state index contributed by atoms with van der Waals surface area (Å²) in [6.45, 7) is 0.335. The van der Waals surface area contributed by atoms with Gasteiger partial charge in [0.2, 0.25) is 0 Å². The Kier molecular flexibility index (Phi) is 6.37. The molecule has 35 heavy (non-hydrogen) atoms. The van der Waals surface area contributed by atoms with Gasteiger partial charge in [0.25, 0.3) is 0 Å². The average Bonchev–Trinajstić information content (AvgIpc) is 3.32. The van der Waals surface area contributed by atoms with E-state index in [4.69, 9.17) is 25.5 Å². The van der Waals surface area contributed by atoms with E-state index >= 15 is 0 Å². The van der Waals surface area contributed by atoms with E-state index in [1.54, 1.807) is 31.4 Å². The third kappa shape index (κ3) is 4.98. The molecule has 7 heteroatoms. The van der Waals surface area contributed by atoms with Crippen LogP contribution in [0.2, 0.25) is 5.02 Å². The van der Waals surface area contributed by atoms with Gasteiger partial charge in [-0.05, 0) is 52.2 Å². The van der Waals surface area contributed by atoms with Gasteiger partial charge in [-0.15, -0.1) is 0 Å². The minimum absolute atomic E-state index is 0.177. The van der Waals surface area contributed by atoms with Crippen molar-refractivity contribution in [3.05, 3.63) is 107 Å². The average molecular weight is 485 g/mol. The van der Waals surface area contributed by atoms with Gasteiger partial charge < -0.3 is 13.9 Å². The molecular weight excluding hydrogens is 464 g/mol. The number of fused-ring (bicyclic) bond motifs is 2. The van der Waals surface area contributed by atoms with Crippen molar-refractivity contribution in [2.75, 3.05) is 7.11 Å². The number of nitrogens with zero attached hydrogens (tertiary/aromatic N) is 1. The molecule has 0 fully saturated rings. The molecule has 5 rings (SSSR count). The molecule has 0 aliphatic heterocycles. The van der Waals surface area contributed by atoms with Crippen LogP contribution in [0, 0.1) is 0 Å². The number of hydrazone groups is 1. The van der Waals surface area contributed by atoms with Crippen molar-refractivity contribution in [3.8, 4) is 11.5 Å². The summed E-state index contributed by atoms with van der Waals surface area (Å²) in [7, 11) is 1.54. The van der Waals surface area contributed by atoms with Crippen molar-refractivity contribution in [2.24, 2.45) is 5.10 Å². The molecule has 0 aliphatic rings. The Bertz CT molecular complexity index is 1520. The smallest absolute Gasteiger partial charge is 0.307 e. The Labute approximate surface area is 206 Å². The first-order valence-electron chi connectivity index (χ1n) is 10.9. The van der Waals surface area contributed by atoms with Crippen LogP contribution in [0.25, 0.3) is 21.7 Å². The lowest BCUT2D eigenvalue weighted by molar-refractivity contribution is 0.0929. The first-order chi connectivity index (χ1) is 17.1. The van der Waals surface area contributed by atoms with Crippen LogP contribution in [0.15, 0.2) is 94.4 Å². The number of carbonyl (C=O) groups is 1. The SMILES string of the molecule is COc1cc(/C=N/NC(=O)c2cc3ccccc3o2)cc(Cl)c1OCc1ccc2ccccc2c1. The van der Waals surface area contributed by atoms with Crippen LogP contribution in [0.3, 0.4) is 0 Å². The molecule has 0 radical (unpaired) electrons. The zero-order valence-electron chi connectivity index (χ0n) is 18.8. The number of hydrogen-bond donors (Lipinski definition) is 1. The molecular formula is C28H21ClN2O4. The first-order valence-corrected chi connectivity index (χ1v) is 11.3. The number of nitrogens with one attached hydrogen (secondary N) is 1. The van der Waals surface area contributed by atoms with Crippen molar-refractivity contribution in [3.63, 3.8) is 0 Å². The molecule has 1 amide bonds. The maximum Gasteiger partial charge on any atom is 0.307 e. The fourth-order valence-electron chi connectivity index (χ4n) is 3.75. The van der Waals surface area contributed by atoms with E-state index < -0.39 is 5.91 Å². The first kappa shape index (κ1) is 22.5. The maximum atomic E-state index is 12.4. The van der Waals surface area contributed by atoms with Crippen LogP contribution in [0.4, 0.5) is 0 Å². The zero-order valence-corrected chi connectivity index (χ0v) is 19.6. The lowest BCUT2D eigenvalue weighted by Gasteiger charge is -2.13. The molecule has 4 aromatic carbocycles. The van der Waals surface area contributed by atoms with Crippen LogP contribution >= 0.6 is 11.6 Å². The molecule has 0 unspecified atom stereocenters. The number of carbonyl (C=O) groups excluding carboxylic acids is 1. The van der Waals surface area contributed by atoms with Gasteiger partial charge in [-0.1, -0.05) is 66.2 Å². The summed E-state index contributed by atoms with van der Waals surface area (Å²) in [4.78, 5) is 12.4. The number of rotatable bonds is 7. The standard InChI is InChI=1S/C28H21ClN2O4/c1-33-25-14-19(16-30-31-28(32)26-15-22-8-4-5-9-24(22)35-26)13-23(29)27(25)34-17-18-10-11-20-6-2-3-7-21(20)12-18/h2-16H,17H2,1H3,(H,31,32)/b30-16+. The number of amides is 1. The van der Waals surface area contributed by atoms with Crippen LogP contribution in [0.5, 0.6) is 11.5 Å². The highest BCUT2D eigenvalue weighted by molar-refractivity contribution is 6.32. The molecule has 174 valence electrons. The molecule has 1 aromatic heterocycles. The van der Waals surface area contributed by atoms with Crippen LogP contribution in [0.1, 0.15) is 21.7 Å². The lowest BCUT2D eigenvalue weighted by Crippen LogP contribution is -2.16. The number of halogens is 1. The summed E-state index contributed by atoms with van der Waals surface area (Å²) in [5, 5.41) is 7.54. The van der Waals surface area contributed by atoms with Gasteiger partial charge in [0.15, 0.2) is 17.3 Å². The van der Waals surface area contributed by atoms with Gasteiger partial charge in [-0.2, -0.15) is 5.10 Å². The second-order valence-corrected chi connectivity index (χ2v) is 8.26. The molecule has 1 N–H and O–H groups in total. The summed E-state index contributed by atoms with van der Waals surface area (Å²) >= 11 is 6.49. The van der Waals surface area contributed by atoms with Crippen LogP contribution in [-0.2, 0) is 6.61 Å². The highest BCUT2D eigenvalue weighted by atomic mass is 35.5. The van der Waals surface area contributed by atoms with Gasteiger partial charge >= 0.3 is 5.91 Å². The third-order valence-electron chi connectivity index (χ3n) is 5.48. The predicted octanol–water partition coefficient (Wildman–Crippen LogP) is 6.59. The largest absolute Gasteiger partial charge is 0.493 e. The van der Waals surface area contributed by atoms with E-state index in [0.717, 1.165) is 16.3 Å². The second-order valence-electron chi connectivity index (χ2n) is 7.85. The number of methoxy groups -OCH3 is 1. The highest BCUT2D eigenvalue weighted by Crippen LogP contribution is 2.36. The normalized spacial score (nSPS) is 11.3. The highest BCUT2D eigenvalue weighted by Gasteiger charge is 2.13. The topological polar surface area (TPSA) is 73.1 Å². The molecule has 0 spiro atoms. The quantitative estimate of drug-likeness (QED) is 0.209. The van der Waals surface area contributed by atoms with Crippen molar-refractivity contribution in [1.82, 2.24) is 5.43 Å². The maximum absolute atomic E-state index is 12.4. The Morgan fingerprint density at radius 2 is 1.74 bits per heavy atom. The third-order valence-corrected chi connectivity index (χ3v) is 5.76. The summed E-state index contributed by atoms with van der Waals surface area (Å²) < 4.78 is 17.0. The Morgan fingerprint density at radius 1 is 0.971 bits per heavy atom. The number of benzene rings is 4. The monoisotopic (exact) mass is 484 g/mol. The number of ether oxygens (including phenoxy) is 2. The minimum atomic E-state index is -0.453. The van der Waals surface area contributed by atoms with Crippen molar-refractivity contribution < 1.29 is 18.7 Å². The van der Waals surface area contributed by atoms with Crippen LogP contribution in [-0.4, -0.2) is 19.2 Å². The summed E-state index contributed by atoms with van der Waals surface area (Å²) in [6, 6.07) is 26.8. The summed E-state index contributed by atoms with van der Waals surface area (Å²) in [5.74, 6) is 0.622. The molecule has 0 bridgehead atoms. The van der Waals surface area contributed by atoms with Crippen molar-refractivity contribution in [1.29, 1.82) is 0 Å². The second kappa shape index (κ2) is 9.91. The number of para-hydroxylation sites is 1. The Morgan fingerprint density at radius 3 is 2.54 bits per heavy atom. The molecule has 6 nitrogen and oxygen atoms in total. The van der Waals surface area contributed by atoms with E-state index in [0.29, 0.717) is 34.3 Å². The molecule has 0 saturated heterocycles. The van der Waals surface area contributed by atoms with E-state index in [1.165, 1.54) is 11.6 Å². The fourth-order valence-corrected chi connectivity index (χ4v) is 4.03. The Hall–Kier alpha value is -4.29. The summed E-state index contributed by atoms with van der Waals surface area (Å²) in [6.07, 6.45) is 1.47. The lowest BCUT2D eigenvalue weighted by atomic mass is 10.1. The molecule has 0 atom stereocenters. The molecule has 0 aliphatic carbocycles. The van der Waals surface area contributed by atoms with E-state index in [1.807, 2.05) is 36.4 Å². The number of hydrogen-bond acceptors (Lipinski definition) is 5. The Balaban J connectivity index is 1.27. The van der Waals surface area contributed by atoms with Gasteiger partial charge in [0, 0.05) is 5.39 Å².